The van der Waals surface area contributed by atoms with E-state index in [0.29, 0.717) is 17.7 Å². The van der Waals surface area contributed by atoms with E-state index in [9.17, 15) is 14.7 Å². The summed E-state index contributed by atoms with van der Waals surface area (Å²) in [5.74, 6) is -1.46. The van der Waals surface area contributed by atoms with Crippen molar-refractivity contribution in [2.24, 2.45) is 0 Å². The van der Waals surface area contributed by atoms with Gasteiger partial charge in [-0.3, -0.25) is 9.69 Å². The maximum Gasteiger partial charge on any atom is 0.414 e. The van der Waals surface area contributed by atoms with Gasteiger partial charge >= 0.3 is 12.1 Å². The fourth-order valence-electron chi connectivity index (χ4n) is 2.52. The molecule has 2 atom stereocenters. The molecule has 1 aliphatic heterocycles. The number of carbonyl (C=O) groups excluding carboxylic acids is 1. The highest BCUT2D eigenvalue weighted by molar-refractivity contribution is 5.92. The molecule has 1 heterocycles. The van der Waals surface area contributed by atoms with Crippen LogP contribution in [0, 0.1) is 0 Å². The van der Waals surface area contributed by atoms with Crippen LogP contribution in [0.5, 0.6) is 0 Å². The summed E-state index contributed by atoms with van der Waals surface area (Å²) >= 11 is 0. The van der Waals surface area contributed by atoms with Crippen molar-refractivity contribution in [3.05, 3.63) is 42.5 Å². The Morgan fingerprint density at radius 3 is 2.85 bits per heavy atom. The van der Waals surface area contributed by atoms with Gasteiger partial charge in [0.15, 0.2) is 0 Å². The second-order valence-corrected chi connectivity index (χ2v) is 4.77. The van der Waals surface area contributed by atoms with Crippen molar-refractivity contribution in [2.45, 2.75) is 25.3 Å². The van der Waals surface area contributed by atoms with E-state index < -0.39 is 18.0 Å². The first kappa shape index (κ1) is 14.1. The zero-order valence-electron chi connectivity index (χ0n) is 11.3. The Morgan fingerprint density at radius 2 is 2.20 bits per heavy atom. The minimum atomic E-state index is -0.872. The van der Waals surface area contributed by atoms with Crippen LogP contribution in [0.25, 0.3) is 0 Å². The smallest absolute Gasteiger partial charge is 0.414 e. The van der Waals surface area contributed by atoms with E-state index in [0.717, 1.165) is 0 Å². The molecule has 0 saturated carbocycles. The number of fused-ring (bicyclic) bond motifs is 1. The summed E-state index contributed by atoms with van der Waals surface area (Å²) in [5.41, 5.74) is 1.25. The molecule has 1 amide bonds. The maximum atomic E-state index is 12.1. The average molecular weight is 275 g/mol. The fourth-order valence-corrected chi connectivity index (χ4v) is 2.52. The van der Waals surface area contributed by atoms with Crippen LogP contribution in [0.2, 0.25) is 0 Å². The Hall–Kier alpha value is -2.30. The third-order valence-corrected chi connectivity index (χ3v) is 3.41. The van der Waals surface area contributed by atoms with Crippen molar-refractivity contribution in [1.82, 2.24) is 0 Å². The third kappa shape index (κ3) is 2.52. The zero-order valence-corrected chi connectivity index (χ0v) is 11.3. The predicted molar refractivity (Wildman–Crippen MR) is 74.9 cm³/mol. The summed E-state index contributed by atoms with van der Waals surface area (Å²) in [5, 5.41) is 9.32. The quantitative estimate of drug-likeness (QED) is 0.861. The normalized spacial score (nSPS) is 20.9. The molecule has 0 bridgehead atoms. The number of nitrogens with zero attached hydrogens (tertiary/aromatic N) is 1. The lowest BCUT2D eigenvalue weighted by molar-refractivity contribution is -0.139. The van der Waals surface area contributed by atoms with E-state index >= 15 is 0 Å². The van der Waals surface area contributed by atoms with Gasteiger partial charge in [0.2, 0.25) is 0 Å². The highest BCUT2D eigenvalue weighted by atomic mass is 16.6. The molecule has 2 unspecified atom stereocenters. The Morgan fingerprint density at radius 1 is 1.50 bits per heavy atom. The molecule has 106 valence electrons. The van der Waals surface area contributed by atoms with Gasteiger partial charge in [0, 0.05) is 6.04 Å². The summed E-state index contributed by atoms with van der Waals surface area (Å²) in [7, 11) is 0. The molecule has 5 heteroatoms. The number of ether oxygens (including phenoxy) is 1. The number of hydrogen-bond donors (Lipinski definition) is 1. The van der Waals surface area contributed by atoms with Crippen LogP contribution in [0.3, 0.4) is 0 Å². The van der Waals surface area contributed by atoms with E-state index in [1.54, 1.807) is 24.3 Å². The van der Waals surface area contributed by atoms with Gasteiger partial charge in [-0.25, -0.2) is 4.79 Å². The van der Waals surface area contributed by atoms with Crippen molar-refractivity contribution < 1.29 is 19.4 Å². The number of benzene rings is 1. The molecular formula is C15H17NO4. The van der Waals surface area contributed by atoms with Crippen molar-refractivity contribution >= 4 is 17.7 Å². The van der Waals surface area contributed by atoms with Gasteiger partial charge < -0.3 is 9.84 Å². The Kier molecular flexibility index (Phi) is 4.08. The van der Waals surface area contributed by atoms with E-state index in [4.69, 9.17) is 4.74 Å². The summed E-state index contributed by atoms with van der Waals surface area (Å²) in [4.78, 5) is 25.0. The topological polar surface area (TPSA) is 66.8 Å². The molecule has 2 rings (SSSR count). The molecule has 5 nitrogen and oxygen atoms in total. The van der Waals surface area contributed by atoms with Gasteiger partial charge in [-0.05, 0) is 25.0 Å². The van der Waals surface area contributed by atoms with Crippen LogP contribution in [-0.4, -0.2) is 29.8 Å². The lowest BCUT2D eigenvalue weighted by atomic mass is 9.86. The Bertz CT molecular complexity index is 540. The van der Waals surface area contributed by atoms with Gasteiger partial charge in [-0.1, -0.05) is 30.9 Å². The predicted octanol–water partition coefficient (Wildman–Crippen LogP) is 2.78. The number of carboxylic acid groups (broad SMARTS) is 1. The largest absolute Gasteiger partial charge is 0.481 e. The molecule has 1 aromatic carbocycles. The average Bonchev–Trinajstić information content (AvgIpc) is 2.43. The lowest BCUT2D eigenvalue weighted by Gasteiger charge is -2.37. The molecule has 0 fully saturated rings. The first-order valence-corrected chi connectivity index (χ1v) is 6.45. The number of aliphatic carboxylic acids is 1. The second kappa shape index (κ2) is 5.77. The molecule has 0 radical (unpaired) electrons. The SMILES string of the molecule is C=CCOC(=O)N1c2ccccc2C(C(=O)O)CC1C. The summed E-state index contributed by atoms with van der Waals surface area (Å²) < 4.78 is 5.08. The van der Waals surface area contributed by atoms with Crippen LogP contribution in [0.4, 0.5) is 10.5 Å². The summed E-state index contributed by atoms with van der Waals surface area (Å²) in [6, 6.07) is 6.81. The molecule has 1 aliphatic rings. The van der Waals surface area contributed by atoms with Gasteiger partial charge in [0.1, 0.15) is 6.61 Å². The lowest BCUT2D eigenvalue weighted by Crippen LogP contribution is -2.44. The zero-order chi connectivity index (χ0) is 14.7. The summed E-state index contributed by atoms with van der Waals surface area (Å²) in [6.45, 7) is 5.45. The molecular weight excluding hydrogens is 258 g/mol. The van der Waals surface area contributed by atoms with Crippen molar-refractivity contribution in [1.29, 1.82) is 0 Å². The number of carboxylic acids is 1. The van der Waals surface area contributed by atoms with Crippen LogP contribution in [-0.2, 0) is 9.53 Å². The minimum absolute atomic E-state index is 0.132. The molecule has 1 N–H and O–H groups in total. The Labute approximate surface area is 117 Å². The van der Waals surface area contributed by atoms with Crippen LogP contribution < -0.4 is 4.90 Å². The van der Waals surface area contributed by atoms with E-state index in [1.807, 2.05) is 6.92 Å². The van der Waals surface area contributed by atoms with Crippen LogP contribution in [0.1, 0.15) is 24.8 Å². The van der Waals surface area contributed by atoms with Gasteiger partial charge in [-0.2, -0.15) is 0 Å². The number of hydrogen-bond acceptors (Lipinski definition) is 3. The van der Waals surface area contributed by atoms with Crippen molar-refractivity contribution in [3.8, 4) is 0 Å². The second-order valence-electron chi connectivity index (χ2n) is 4.77. The highest BCUT2D eigenvalue weighted by Gasteiger charge is 2.37. The van der Waals surface area contributed by atoms with E-state index in [-0.39, 0.29) is 12.6 Å². The summed E-state index contributed by atoms with van der Waals surface area (Å²) in [6.07, 6.45) is 1.39. The van der Waals surface area contributed by atoms with Crippen LogP contribution in [0.15, 0.2) is 36.9 Å². The van der Waals surface area contributed by atoms with Gasteiger partial charge in [0.05, 0.1) is 11.6 Å². The maximum absolute atomic E-state index is 12.1. The molecule has 0 spiro atoms. The minimum Gasteiger partial charge on any atom is -0.481 e. The number of rotatable bonds is 3. The van der Waals surface area contributed by atoms with Crippen LogP contribution >= 0.6 is 0 Å². The molecule has 1 aromatic rings. The van der Waals surface area contributed by atoms with Gasteiger partial charge in [0.25, 0.3) is 0 Å². The van der Waals surface area contributed by atoms with E-state index in [1.165, 1.54) is 11.0 Å². The fraction of sp³-hybridized carbons (Fsp3) is 0.333. The number of carbonyl (C=O) groups is 2. The Balaban J connectivity index is 2.39. The number of anilines is 1. The molecule has 0 aliphatic carbocycles. The molecule has 0 saturated heterocycles. The first-order valence-electron chi connectivity index (χ1n) is 6.45. The monoisotopic (exact) mass is 275 g/mol. The molecule has 20 heavy (non-hydrogen) atoms. The first-order chi connectivity index (χ1) is 9.56. The third-order valence-electron chi connectivity index (χ3n) is 3.41. The number of amides is 1. The highest BCUT2D eigenvalue weighted by Crippen LogP contribution is 2.38. The van der Waals surface area contributed by atoms with Gasteiger partial charge in [-0.15, -0.1) is 0 Å². The standard InChI is InChI=1S/C15H17NO4/c1-3-8-20-15(19)16-10(2)9-12(14(17)18)11-6-4-5-7-13(11)16/h3-7,10,12H,1,8-9H2,2H3,(H,17,18). The number of para-hydroxylation sites is 1. The molecule has 0 aromatic heterocycles. The van der Waals surface area contributed by atoms with Crippen molar-refractivity contribution in [3.63, 3.8) is 0 Å². The van der Waals surface area contributed by atoms with E-state index in [2.05, 4.69) is 6.58 Å². The van der Waals surface area contributed by atoms with Crippen molar-refractivity contribution in [2.75, 3.05) is 11.5 Å².